The summed E-state index contributed by atoms with van der Waals surface area (Å²) in [6, 6.07) is 0. The molecule has 0 aliphatic carbocycles. The van der Waals surface area contributed by atoms with Gasteiger partial charge in [-0.15, -0.1) is 0 Å². The quantitative estimate of drug-likeness (QED) is 0.0211. The number of nitrogens with zero attached hydrogens (tertiary/aromatic N) is 1. The van der Waals surface area contributed by atoms with E-state index in [1.165, 1.54) is 225 Å². The minimum absolute atomic E-state index is 0.0294. The SMILES string of the molecule is CC/C=C\C/C=C\C/C=C\C/C=C\C/C=C\C/C=C\C/C=C\CCCCCCCCCCCCCCCC(=O)OC(COC(=O)CCCCCCCCCCCCCCCCCCCCCCC/C=C\C/C=C\CCCCCCC)COP(=O)(O)OCC[N+](C)(C)C. The number of likely N-dealkylation sites (N-methyl/N-ethyl adjacent to an activating group) is 1. The van der Waals surface area contributed by atoms with Crippen LogP contribution in [0.25, 0.3) is 0 Å². The van der Waals surface area contributed by atoms with E-state index in [9.17, 15) is 19.0 Å². The molecule has 0 aromatic carbocycles. The molecule has 0 aliphatic heterocycles. The number of hydrogen-bond donors (Lipinski definition) is 1. The molecule has 0 saturated carbocycles. The summed E-state index contributed by atoms with van der Waals surface area (Å²) >= 11 is 0. The average molecular weight is 1310 g/mol. The fraction of sp³-hybridized carbons (Fsp3) is 0.756. The van der Waals surface area contributed by atoms with Crippen LogP contribution in [0.15, 0.2) is 109 Å². The molecule has 0 aromatic rings. The normalized spacial score (nSPS) is 13.7. The summed E-state index contributed by atoms with van der Waals surface area (Å²) in [6.07, 6.45) is 102. The predicted molar refractivity (Wildman–Crippen MR) is 399 cm³/mol. The molecule has 9 nitrogen and oxygen atoms in total. The van der Waals surface area contributed by atoms with E-state index in [-0.39, 0.29) is 32.0 Å². The van der Waals surface area contributed by atoms with Crippen LogP contribution < -0.4 is 0 Å². The Kier molecular flexibility index (Phi) is 69.3. The van der Waals surface area contributed by atoms with Crippen LogP contribution in [0.1, 0.15) is 348 Å². The Morgan fingerprint density at radius 3 is 0.924 bits per heavy atom. The van der Waals surface area contributed by atoms with E-state index in [0.717, 1.165) is 89.9 Å². The van der Waals surface area contributed by atoms with Crippen molar-refractivity contribution in [3.63, 3.8) is 0 Å². The highest BCUT2D eigenvalue weighted by Gasteiger charge is 2.27. The van der Waals surface area contributed by atoms with E-state index < -0.39 is 26.5 Å². The number of rotatable bonds is 71. The molecule has 0 spiro atoms. The number of carbonyl (C=O) groups excluding carboxylic acids is 2. The zero-order valence-electron chi connectivity index (χ0n) is 60.8. The zero-order chi connectivity index (χ0) is 66.9. The van der Waals surface area contributed by atoms with Gasteiger partial charge in [-0.3, -0.25) is 18.6 Å². The standard InChI is InChI=1S/C82H146NO8P/c1-6-8-10-12-14-16-18-20-22-24-26-28-30-32-34-36-38-40-41-43-45-47-49-51-53-55-57-59-61-63-65-67-69-71-73-75-82(85)91-80(79-90-92(86,87)89-77-76-83(3,4)5)78-88-81(84)74-72-70-68-66-64-62-60-58-56-54-52-50-48-46-44-42-39-37-35-33-31-29-27-25-23-21-19-17-15-13-11-9-7-2/h8,10,14,16,19-22,25-28,32,34,38,40,43,45,80H,6-7,9,11-13,15,17-18,23-24,29-31,33,35-37,39,41-42,44,46-79H2,1-5H3/p+1/b10-8-,16-14-,21-19-,22-20-,27-25-,28-26-,34-32-,40-38-,45-43-. The van der Waals surface area contributed by atoms with Crippen molar-refractivity contribution in [2.24, 2.45) is 0 Å². The largest absolute Gasteiger partial charge is 0.472 e. The van der Waals surface area contributed by atoms with Gasteiger partial charge < -0.3 is 18.9 Å². The van der Waals surface area contributed by atoms with E-state index >= 15 is 0 Å². The summed E-state index contributed by atoms with van der Waals surface area (Å²) in [5.41, 5.74) is 0. The summed E-state index contributed by atoms with van der Waals surface area (Å²) in [4.78, 5) is 36.0. The molecule has 0 fully saturated rings. The number of unbranched alkanes of at least 4 members (excludes halogenated alkanes) is 39. The lowest BCUT2D eigenvalue weighted by Crippen LogP contribution is -2.37. The molecule has 1 N–H and O–H groups in total. The number of quaternary nitrogens is 1. The van der Waals surface area contributed by atoms with Crippen molar-refractivity contribution in [2.75, 3.05) is 47.5 Å². The Hall–Kier alpha value is -3.33. The van der Waals surface area contributed by atoms with Crippen LogP contribution in [0, 0.1) is 0 Å². The number of phosphoric ester groups is 1. The van der Waals surface area contributed by atoms with Crippen LogP contribution in [0.3, 0.4) is 0 Å². The third kappa shape index (κ3) is 75.7. The van der Waals surface area contributed by atoms with Gasteiger partial charge in [0, 0.05) is 12.8 Å². The second kappa shape index (κ2) is 72.0. The van der Waals surface area contributed by atoms with E-state index in [4.69, 9.17) is 18.5 Å². The molecule has 0 aromatic heterocycles. The molecule has 92 heavy (non-hydrogen) atoms. The first-order valence-corrected chi connectivity index (χ1v) is 40.1. The third-order valence-corrected chi connectivity index (χ3v) is 17.8. The molecule has 0 aliphatic rings. The summed E-state index contributed by atoms with van der Waals surface area (Å²) < 4.78 is 34.8. The number of hydrogen-bond acceptors (Lipinski definition) is 7. The summed E-state index contributed by atoms with van der Waals surface area (Å²) in [5, 5.41) is 0. The molecule has 2 unspecified atom stereocenters. The van der Waals surface area contributed by atoms with Crippen LogP contribution in [-0.4, -0.2) is 74.9 Å². The van der Waals surface area contributed by atoms with Gasteiger partial charge in [-0.2, -0.15) is 0 Å². The maximum atomic E-state index is 12.9. The van der Waals surface area contributed by atoms with E-state index in [0.29, 0.717) is 17.4 Å². The first kappa shape index (κ1) is 88.7. The summed E-state index contributed by atoms with van der Waals surface area (Å²) in [6.45, 7) is 4.35. The van der Waals surface area contributed by atoms with Crippen molar-refractivity contribution in [1.82, 2.24) is 0 Å². The number of ether oxygens (including phenoxy) is 2. The van der Waals surface area contributed by atoms with Gasteiger partial charge in [-0.05, 0) is 103 Å². The monoisotopic (exact) mass is 1310 g/mol. The van der Waals surface area contributed by atoms with Gasteiger partial charge in [-0.25, -0.2) is 4.57 Å². The van der Waals surface area contributed by atoms with E-state index in [1.54, 1.807) is 0 Å². The minimum atomic E-state index is -4.40. The predicted octanol–water partition coefficient (Wildman–Crippen LogP) is 25.6. The number of allylic oxidation sites excluding steroid dienone is 18. The van der Waals surface area contributed by atoms with Crippen molar-refractivity contribution >= 4 is 19.8 Å². The number of phosphoric acid groups is 1. The van der Waals surface area contributed by atoms with Crippen molar-refractivity contribution < 1.29 is 42.1 Å². The Morgan fingerprint density at radius 2 is 0.620 bits per heavy atom. The van der Waals surface area contributed by atoms with Crippen LogP contribution in [0.2, 0.25) is 0 Å². The molecule has 532 valence electrons. The van der Waals surface area contributed by atoms with Crippen LogP contribution in [0.5, 0.6) is 0 Å². The molecule has 0 radical (unpaired) electrons. The molecule has 0 amide bonds. The van der Waals surface area contributed by atoms with E-state index in [1.807, 2.05) is 21.1 Å². The van der Waals surface area contributed by atoms with Gasteiger partial charge in [0.25, 0.3) is 0 Å². The molecular formula is C82H147NO8P+. The smallest absolute Gasteiger partial charge is 0.462 e. The van der Waals surface area contributed by atoms with Crippen LogP contribution in [-0.2, 0) is 32.7 Å². The summed E-state index contributed by atoms with van der Waals surface area (Å²) in [5.74, 6) is -0.788. The Labute approximate surface area is 569 Å². The van der Waals surface area contributed by atoms with Gasteiger partial charge in [0.2, 0.25) is 0 Å². The van der Waals surface area contributed by atoms with Gasteiger partial charge in [0.05, 0.1) is 27.7 Å². The van der Waals surface area contributed by atoms with Crippen molar-refractivity contribution in [2.45, 2.75) is 354 Å². The highest BCUT2D eigenvalue weighted by Crippen LogP contribution is 2.43. The van der Waals surface area contributed by atoms with Gasteiger partial charge in [0.1, 0.15) is 19.8 Å². The van der Waals surface area contributed by atoms with Gasteiger partial charge in [0.15, 0.2) is 6.10 Å². The van der Waals surface area contributed by atoms with Crippen molar-refractivity contribution in [3.05, 3.63) is 109 Å². The van der Waals surface area contributed by atoms with Gasteiger partial charge in [-0.1, -0.05) is 342 Å². The topological polar surface area (TPSA) is 108 Å². The molecule has 0 bridgehead atoms. The minimum Gasteiger partial charge on any atom is -0.462 e. The fourth-order valence-corrected chi connectivity index (χ4v) is 11.7. The van der Waals surface area contributed by atoms with E-state index in [2.05, 4.69) is 123 Å². The molecule has 0 saturated heterocycles. The fourth-order valence-electron chi connectivity index (χ4n) is 10.9. The molecule has 0 heterocycles. The Balaban J connectivity index is 4.00. The first-order chi connectivity index (χ1) is 45.0. The maximum Gasteiger partial charge on any atom is 0.472 e. The molecule has 2 atom stereocenters. The second-order valence-electron chi connectivity index (χ2n) is 27.0. The maximum absolute atomic E-state index is 12.9. The average Bonchev–Trinajstić information content (AvgIpc) is 2.14. The van der Waals surface area contributed by atoms with Crippen LogP contribution in [0.4, 0.5) is 0 Å². The highest BCUT2D eigenvalue weighted by atomic mass is 31.2. The third-order valence-electron chi connectivity index (χ3n) is 16.8. The Morgan fingerprint density at radius 1 is 0.348 bits per heavy atom. The highest BCUT2D eigenvalue weighted by molar-refractivity contribution is 7.47. The first-order valence-electron chi connectivity index (χ1n) is 38.6. The Bertz CT molecular complexity index is 1920. The zero-order valence-corrected chi connectivity index (χ0v) is 61.7. The molecular weight excluding hydrogens is 1160 g/mol. The lowest BCUT2D eigenvalue weighted by atomic mass is 10.0. The number of esters is 2. The van der Waals surface area contributed by atoms with Gasteiger partial charge >= 0.3 is 19.8 Å². The molecule has 0 rings (SSSR count). The summed E-state index contributed by atoms with van der Waals surface area (Å²) in [7, 11) is 1.48. The lowest BCUT2D eigenvalue weighted by molar-refractivity contribution is -0.870. The second-order valence-corrected chi connectivity index (χ2v) is 28.5. The van der Waals surface area contributed by atoms with Crippen molar-refractivity contribution in [1.29, 1.82) is 0 Å². The number of carbonyl (C=O) groups is 2. The van der Waals surface area contributed by atoms with Crippen molar-refractivity contribution in [3.8, 4) is 0 Å². The molecule has 10 heteroatoms. The lowest BCUT2D eigenvalue weighted by Gasteiger charge is -2.24. The van der Waals surface area contributed by atoms with Crippen LogP contribution >= 0.6 is 7.82 Å².